The molecule has 1 aromatic carbocycles. The fourth-order valence-corrected chi connectivity index (χ4v) is 1.19. The smallest absolute Gasteiger partial charge is 1.00 e. The maximum Gasteiger partial charge on any atom is 1.00 e. The number of non-ortho nitro benzene ring substituents is 2. The zero-order valence-electron chi connectivity index (χ0n) is 9.39. The summed E-state index contributed by atoms with van der Waals surface area (Å²) in [5.74, 6) is 0. The molecule has 0 atom stereocenters. The molecule has 0 radical (unpaired) electrons. The van der Waals surface area contributed by atoms with Crippen LogP contribution in [-0.2, 0) is 0 Å². The Morgan fingerprint density at radius 1 is 1.29 bits per heavy atom. The first-order valence-corrected chi connectivity index (χ1v) is 3.83. The van der Waals surface area contributed by atoms with Gasteiger partial charge in [0.2, 0.25) is 5.52 Å². The van der Waals surface area contributed by atoms with Crippen LogP contribution in [0.5, 0.6) is 0 Å². The maximum absolute atomic E-state index is 11.0. The van der Waals surface area contributed by atoms with Gasteiger partial charge in [-0.05, 0) is 4.90 Å². The van der Waals surface area contributed by atoms with Crippen molar-refractivity contribution in [3.05, 3.63) is 37.6 Å². The molecule has 0 unspecified atom stereocenters. The summed E-state index contributed by atoms with van der Waals surface area (Å²) in [6.45, 7) is 0. The average Bonchev–Trinajstić information content (AvgIpc) is 2.59. The molecule has 0 amide bonds. The second-order valence-corrected chi connectivity index (χ2v) is 2.78. The fourth-order valence-electron chi connectivity index (χ4n) is 1.19. The average molecular weight is 266 g/mol. The Balaban J connectivity index is 0.00000144. The summed E-state index contributed by atoms with van der Waals surface area (Å²) >= 11 is 0. The van der Waals surface area contributed by atoms with Crippen LogP contribution in [0.1, 0.15) is 1.43 Å². The Hall–Kier alpha value is -1.14. The molecule has 10 nitrogen and oxygen atoms in total. The molecular formula is C6H3KN4O6. The number of fused-ring (bicyclic) bond motifs is 1. The number of benzene rings is 1. The Morgan fingerprint density at radius 3 is 2.47 bits per heavy atom. The Bertz CT molecular complexity index is 615. The van der Waals surface area contributed by atoms with Crippen LogP contribution in [0.4, 0.5) is 11.4 Å². The maximum atomic E-state index is 11.0. The molecule has 0 saturated heterocycles. The zero-order valence-corrected chi connectivity index (χ0v) is 11.5. The summed E-state index contributed by atoms with van der Waals surface area (Å²) in [5.41, 5.74) is -1.92. The predicted octanol–water partition coefficient (Wildman–Crippen LogP) is -2.61. The fraction of sp³-hybridized carbons (Fsp3) is 0. The minimum Gasteiger partial charge on any atom is -1.00 e. The topological polar surface area (TPSA) is 139 Å². The van der Waals surface area contributed by atoms with Crippen LogP contribution in [0, 0.1) is 25.4 Å². The monoisotopic (exact) mass is 266 g/mol. The minimum atomic E-state index is -0.877. The number of rotatable bonds is 2. The molecule has 2 aromatic rings. The third-order valence-electron chi connectivity index (χ3n) is 1.86. The van der Waals surface area contributed by atoms with Crippen molar-refractivity contribution in [1.82, 2.24) is 5.16 Å². The summed E-state index contributed by atoms with van der Waals surface area (Å²) in [5, 5.41) is 35.2. The molecule has 0 aliphatic heterocycles. The van der Waals surface area contributed by atoms with Crippen molar-refractivity contribution in [3.63, 3.8) is 0 Å². The molecule has 0 aliphatic rings. The van der Waals surface area contributed by atoms with Crippen LogP contribution < -0.4 is 56.3 Å². The third-order valence-corrected chi connectivity index (χ3v) is 1.86. The van der Waals surface area contributed by atoms with Gasteiger partial charge >= 0.3 is 62.6 Å². The van der Waals surface area contributed by atoms with Gasteiger partial charge in [0.25, 0.3) is 5.69 Å². The van der Waals surface area contributed by atoms with Gasteiger partial charge < -0.3 is 6.63 Å². The van der Waals surface area contributed by atoms with E-state index < -0.39 is 21.2 Å². The largest absolute Gasteiger partial charge is 1.00 e. The molecule has 11 heteroatoms. The number of nitro groups is 2. The van der Waals surface area contributed by atoms with E-state index in [0.717, 1.165) is 6.07 Å². The van der Waals surface area contributed by atoms with E-state index in [1.165, 1.54) is 0 Å². The van der Waals surface area contributed by atoms with E-state index in [2.05, 4.69) is 9.79 Å². The van der Waals surface area contributed by atoms with Gasteiger partial charge in [0, 0.05) is 0 Å². The number of aromatic nitrogens is 2. The van der Waals surface area contributed by atoms with E-state index in [0.29, 0.717) is 6.07 Å². The van der Waals surface area contributed by atoms with E-state index >= 15 is 0 Å². The summed E-state index contributed by atoms with van der Waals surface area (Å²) < 4.78 is 4.12. The van der Waals surface area contributed by atoms with Crippen LogP contribution in [0.25, 0.3) is 11.0 Å². The van der Waals surface area contributed by atoms with Crippen molar-refractivity contribution in [1.29, 1.82) is 0 Å². The molecule has 0 bridgehead atoms. The molecule has 0 fully saturated rings. The third kappa shape index (κ3) is 2.42. The quantitative estimate of drug-likeness (QED) is 0.251. The van der Waals surface area contributed by atoms with Gasteiger partial charge in [-0.15, -0.1) is 0 Å². The van der Waals surface area contributed by atoms with Gasteiger partial charge in [-0.25, -0.2) is 0 Å². The molecule has 0 spiro atoms. The van der Waals surface area contributed by atoms with Crippen LogP contribution in [0.3, 0.4) is 0 Å². The molecule has 1 heterocycles. The second-order valence-electron chi connectivity index (χ2n) is 2.78. The Kier molecular flexibility index (Phi) is 4.10. The van der Waals surface area contributed by atoms with Crippen LogP contribution in [0.15, 0.2) is 16.8 Å². The Labute approximate surface area is 136 Å². The standard InChI is InChI=1S/C6H2N4O6.K.H/c11-8(12)3-1-4(9(13)14)6-5(2-3)10(15)16-7-6;;/h1-2H;;/q;+1;-1. The zero-order chi connectivity index (χ0) is 11.9. The number of hydrogen-bond donors (Lipinski definition) is 0. The summed E-state index contributed by atoms with van der Waals surface area (Å²) in [6, 6.07) is 1.57. The van der Waals surface area contributed by atoms with Crippen molar-refractivity contribution in [2.75, 3.05) is 0 Å². The Morgan fingerprint density at radius 2 is 1.94 bits per heavy atom. The number of nitrogens with zero attached hydrogens (tertiary/aromatic N) is 4. The molecular weight excluding hydrogens is 263 g/mol. The first-order valence-electron chi connectivity index (χ1n) is 3.83. The van der Waals surface area contributed by atoms with Gasteiger partial charge in [-0.1, -0.05) is 0 Å². The first kappa shape index (κ1) is 13.9. The van der Waals surface area contributed by atoms with Crippen molar-refractivity contribution < 1.29 is 72.2 Å². The van der Waals surface area contributed by atoms with Gasteiger partial charge in [-0.2, -0.15) is 0 Å². The van der Waals surface area contributed by atoms with Gasteiger partial charge in [0.1, 0.15) is 0 Å². The molecule has 84 valence electrons. The van der Waals surface area contributed by atoms with E-state index in [1.54, 1.807) is 0 Å². The second kappa shape index (κ2) is 5.01. The summed E-state index contributed by atoms with van der Waals surface area (Å²) in [6.07, 6.45) is 0. The van der Waals surface area contributed by atoms with Crippen molar-refractivity contribution >= 4 is 22.4 Å². The molecule has 2 rings (SSSR count). The van der Waals surface area contributed by atoms with Crippen LogP contribution in [-0.4, -0.2) is 15.0 Å². The van der Waals surface area contributed by atoms with Crippen molar-refractivity contribution in [3.8, 4) is 0 Å². The van der Waals surface area contributed by atoms with Crippen LogP contribution >= 0.6 is 0 Å². The summed E-state index contributed by atoms with van der Waals surface area (Å²) in [7, 11) is 0. The number of nitro benzene ring substituents is 2. The molecule has 0 N–H and O–H groups in total. The molecule has 0 aliphatic carbocycles. The first-order chi connectivity index (χ1) is 7.50. The van der Waals surface area contributed by atoms with E-state index in [9.17, 15) is 25.4 Å². The van der Waals surface area contributed by atoms with Gasteiger partial charge in [0.05, 0.1) is 27.1 Å². The van der Waals surface area contributed by atoms with Crippen molar-refractivity contribution in [2.45, 2.75) is 0 Å². The summed E-state index contributed by atoms with van der Waals surface area (Å²) in [4.78, 5) is 19.2. The minimum absolute atomic E-state index is 0. The van der Waals surface area contributed by atoms with Gasteiger partial charge in [0.15, 0.2) is 0 Å². The van der Waals surface area contributed by atoms with E-state index in [-0.39, 0.29) is 68.7 Å². The van der Waals surface area contributed by atoms with Gasteiger partial charge in [-0.3, -0.25) is 24.9 Å². The SMILES string of the molecule is O=[N+]([O-])c1cc([N+](=O)[O-])c2no[n+]([O-])c2c1.[H-].[K+]. The predicted molar refractivity (Wildman–Crippen MR) is 47.4 cm³/mol. The van der Waals surface area contributed by atoms with E-state index in [4.69, 9.17) is 0 Å². The van der Waals surface area contributed by atoms with Crippen molar-refractivity contribution in [2.24, 2.45) is 0 Å². The molecule has 0 saturated carbocycles. The van der Waals surface area contributed by atoms with E-state index in [1.807, 2.05) is 0 Å². The normalized spacial score (nSPS) is 9.88. The molecule has 1 aromatic heterocycles. The van der Waals surface area contributed by atoms with Crippen LogP contribution in [0.2, 0.25) is 0 Å². The number of hydrogen-bond acceptors (Lipinski definition) is 7. The molecule has 17 heavy (non-hydrogen) atoms.